The average molecular weight is 807 g/mol. The maximum absolute atomic E-state index is 13.1. The quantitative estimate of drug-likeness (QED) is 0.104. The first-order valence-corrected chi connectivity index (χ1v) is 19.3. The molecule has 0 radical (unpaired) electrons. The molecule has 4 heterocycles. The van der Waals surface area contributed by atoms with E-state index in [-0.39, 0.29) is 16.5 Å². The number of methoxy groups -OCH3 is 2. The molecule has 0 aliphatic heterocycles. The number of aromatic nitrogens is 6. The first kappa shape index (κ1) is 40.6. The van der Waals surface area contributed by atoms with E-state index in [4.69, 9.17) is 9.47 Å². The Hall–Kier alpha value is -5.56. The summed E-state index contributed by atoms with van der Waals surface area (Å²) in [5, 5.41) is -1.21. The maximum atomic E-state index is 13.1. The number of hydrogen-bond acceptors (Lipinski definition) is 9. The number of ether oxygens (including phenoxy) is 2. The summed E-state index contributed by atoms with van der Waals surface area (Å²) in [6.45, 7) is 1.01. The van der Waals surface area contributed by atoms with Crippen LogP contribution in [-0.4, -0.2) is 68.4 Å². The fraction of sp³-hybridized carbons (Fsp3) is 0.222. The fourth-order valence-electron chi connectivity index (χ4n) is 5.00. The van der Waals surface area contributed by atoms with Gasteiger partial charge in [-0.1, -0.05) is 24.3 Å². The smallest absolute Gasteiger partial charge is 0.433 e. The number of nitrogens with zero attached hydrogens (tertiary/aromatic N) is 6. The first-order valence-electron chi connectivity index (χ1n) is 15.9. The minimum absolute atomic E-state index is 0.0796. The van der Waals surface area contributed by atoms with Gasteiger partial charge in [0.15, 0.2) is 0 Å². The van der Waals surface area contributed by atoms with Crippen LogP contribution in [0.3, 0.4) is 0 Å². The van der Waals surface area contributed by atoms with Gasteiger partial charge in [-0.3, -0.25) is 4.21 Å². The zero-order chi connectivity index (χ0) is 40.1. The Kier molecular flexibility index (Phi) is 12.1. The third kappa shape index (κ3) is 10.8. The maximum Gasteiger partial charge on any atom is 0.433 e. The molecule has 6 aromatic rings. The van der Waals surface area contributed by atoms with Crippen LogP contribution < -0.4 is 9.47 Å². The van der Waals surface area contributed by atoms with Crippen LogP contribution in [-0.2, 0) is 46.1 Å². The minimum Gasteiger partial charge on any atom is -0.497 e. The van der Waals surface area contributed by atoms with Crippen molar-refractivity contribution in [1.82, 2.24) is 29.1 Å². The number of alkyl halides is 6. The van der Waals surface area contributed by atoms with E-state index < -0.39 is 49.5 Å². The molecule has 19 heteroatoms. The molecule has 0 spiro atoms. The van der Waals surface area contributed by atoms with E-state index in [0.29, 0.717) is 30.0 Å². The summed E-state index contributed by atoms with van der Waals surface area (Å²) in [6.07, 6.45) is -0.712. The van der Waals surface area contributed by atoms with Crippen molar-refractivity contribution in [1.29, 1.82) is 0 Å². The molecular formula is C36H32F6N6O5S2. The highest BCUT2D eigenvalue weighted by Gasteiger charge is 2.35. The van der Waals surface area contributed by atoms with Gasteiger partial charge < -0.3 is 18.6 Å². The fourth-order valence-corrected chi connectivity index (χ4v) is 5.98. The summed E-state index contributed by atoms with van der Waals surface area (Å²) in [5.41, 5.74) is 0.355. The van der Waals surface area contributed by atoms with E-state index in [9.17, 15) is 39.0 Å². The summed E-state index contributed by atoms with van der Waals surface area (Å²) in [5.74, 6) is 1.46. The third-order valence-electron chi connectivity index (χ3n) is 7.72. The Morgan fingerprint density at radius 1 is 0.655 bits per heavy atom. The molecule has 0 aliphatic rings. The highest BCUT2D eigenvalue weighted by atomic mass is 32.2. The van der Waals surface area contributed by atoms with Crippen molar-refractivity contribution in [2.45, 2.75) is 35.8 Å². The van der Waals surface area contributed by atoms with Gasteiger partial charge in [-0.15, -0.1) is 0 Å². The highest BCUT2D eigenvalue weighted by Crippen LogP contribution is 2.32. The number of rotatable bonds is 10. The molecule has 6 rings (SSSR count). The van der Waals surface area contributed by atoms with E-state index in [0.717, 1.165) is 35.3 Å². The molecule has 0 N–H and O–H groups in total. The summed E-state index contributed by atoms with van der Waals surface area (Å²) in [6, 6.07) is 19.7. The molecule has 4 aromatic heterocycles. The molecule has 0 bridgehead atoms. The standard InChI is InChI=1S/C18H16F3N3O3S.C18H16F3N3O2S/c1-27-14-5-3-12(4-6-14)10-24-8-7-13(11-24)15-9-16(18(19,20)21)23-17(22-15)28(2,25)26;1-26-14-5-3-12(4-6-14)10-24-8-7-13(11-24)15-9-16(18(19,20)21)23-17(22-15)27(2)25/h3-9,11H,10H2,1-2H3;3-9,11H,10H2,1-2H3. The SMILES string of the molecule is COc1ccc(Cn2ccc(-c3cc(C(F)(F)F)nc(S(C)(=O)=O)n3)c2)cc1.COc1ccc(Cn2ccc(-c3cc(C(F)(F)F)nc(S(C)=O)n3)c2)cc1. The number of hydrogen-bond donors (Lipinski definition) is 0. The van der Waals surface area contributed by atoms with E-state index in [1.807, 2.05) is 41.0 Å². The molecule has 290 valence electrons. The topological polar surface area (TPSA) is 131 Å². The second kappa shape index (κ2) is 16.4. The molecule has 1 unspecified atom stereocenters. The molecule has 1 atom stereocenters. The Bertz CT molecular complexity index is 2400. The largest absolute Gasteiger partial charge is 0.497 e. The van der Waals surface area contributed by atoms with Crippen molar-refractivity contribution in [2.24, 2.45) is 0 Å². The van der Waals surface area contributed by atoms with Gasteiger partial charge in [0.25, 0.3) is 0 Å². The van der Waals surface area contributed by atoms with E-state index >= 15 is 0 Å². The molecule has 0 aliphatic carbocycles. The summed E-state index contributed by atoms with van der Waals surface area (Å²) < 4.78 is 127. The van der Waals surface area contributed by atoms with Crippen molar-refractivity contribution in [2.75, 3.05) is 26.7 Å². The monoisotopic (exact) mass is 806 g/mol. The molecule has 0 amide bonds. The van der Waals surface area contributed by atoms with Gasteiger partial charge in [0.1, 0.15) is 22.9 Å². The molecular weight excluding hydrogens is 775 g/mol. The zero-order valence-electron chi connectivity index (χ0n) is 29.5. The lowest BCUT2D eigenvalue weighted by Crippen LogP contribution is -2.14. The lowest BCUT2D eigenvalue weighted by Gasteiger charge is -2.09. The summed E-state index contributed by atoms with van der Waals surface area (Å²) in [7, 11) is -2.58. The summed E-state index contributed by atoms with van der Waals surface area (Å²) >= 11 is 0. The Balaban J connectivity index is 0.000000211. The number of sulfone groups is 1. The molecule has 55 heavy (non-hydrogen) atoms. The highest BCUT2D eigenvalue weighted by molar-refractivity contribution is 7.90. The van der Waals surface area contributed by atoms with Crippen LogP contribution in [0, 0.1) is 0 Å². The Morgan fingerprint density at radius 2 is 1.07 bits per heavy atom. The van der Waals surface area contributed by atoms with Gasteiger partial charge in [-0.2, -0.15) is 26.3 Å². The Labute approximate surface area is 314 Å². The first-order chi connectivity index (χ1) is 25.8. The lowest BCUT2D eigenvalue weighted by molar-refractivity contribution is -0.142. The van der Waals surface area contributed by atoms with Gasteiger partial charge in [-0.05, 0) is 59.7 Å². The normalized spacial score (nSPS) is 12.5. The Morgan fingerprint density at radius 3 is 1.45 bits per heavy atom. The van der Waals surface area contributed by atoms with Gasteiger partial charge in [0.05, 0.1) is 36.4 Å². The molecule has 0 saturated heterocycles. The van der Waals surface area contributed by atoms with Gasteiger partial charge in [0.2, 0.25) is 20.2 Å². The number of benzene rings is 2. The van der Waals surface area contributed by atoms with Crippen molar-refractivity contribution in [3.63, 3.8) is 0 Å². The minimum atomic E-state index is -4.79. The van der Waals surface area contributed by atoms with Gasteiger partial charge in [-0.25, -0.2) is 28.4 Å². The second-order valence-corrected chi connectivity index (χ2v) is 15.1. The van der Waals surface area contributed by atoms with Gasteiger partial charge in [0, 0.05) is 61.5 Å². The van der Waals surface area contributed by atoms with E-state index in [1.54, 1.807) is 67.8 Å². The zero-order valence-corrected chi connectivity index (χ0v) is 31.1. The third-order valence-corrected chi connectivity index (χ3v) is 9.26. The second-order valence-electron chi connectivity index (χ2n) is 11.9. The van der Waals surface area contributed by atoms with Crippen LogP contribution in [0.1, 0.15) is 22.5 Å². The van der Waals surface area contributed by atoms with Crippen LogP contribution in [0.5, 0.6) is 11.5 Å². The lowest BCUT2D eigenvalue weighted by atomic mass is 10.2. The van der Waals surface area contributed by atoms with Crippen LogP contribution in [0.4, 0.5) is 26.3 Å². The van der Waals surface area contributed by atoms with Crippen LogP contribution in [0.25, 0.3) is 22.5 Å². The van der Waals surface area contributed by atoms with Crippen molar-refractivity contribution in [3.05, 3.63) is 120 Å². The van der Waals surface area contributed by atoms with Crippen molar-refractivity contribution < 1.29 is 48.4 Å². The van der Waals surface area contributed by atoms with Crippen LogP contribution in [0.15, 0.2) is 108 Å². The predicted molar refractivity (Wildman–Crippen MR) is 191 cm³/mol. The van der Waals surface area contributed by atoms with Crippen LogP contribution in [0.2, 0.25) is 0 Å². The van der Waals surface area contributed by atoms with Crippen molar-refractivity contribution in [3.8, 4) is 34.0 Å². The number of halogens is 6. The van der Waals surface area contributed by atoms with Crippen molar-refractivity contribution >= 4 is 20.6 Å². The molecule has 0 saturated carbocycles. The average Bonchev–Trinajstić information content (AvgIpc) is 3.81. The molecule has 11 nitrogen and oxygen atoms in total. The predicted octanol–water partition coefficient (Wildman–Crippen LogP) is 7.18. The van der Waals surface area contributed by atoms with Crippen LogP contribution >= 0.6 is 0 Å². The molecule has 2 aromatic carbocycles. The van der Waals surface area contributed by atoms with Gasteiger partial charge >= 0.3 is 12.4 Å². The molecule has 0 fully saturated rings. The summed E-state index contributed by atoms with van der Waals surface area (Å²) in [4.78, 5) is 14.3. The van der Waals surface area contributed by atoms with E-state index in [1.165, 1.54) is 6.26 Å². The van der Waals surface area contributed by atoms with E-state index in [2.05, 4.69) is 19.9 Å².